The maximum Gasteiger partial charge on any atom is 0.0546 e. The molecule has 0 saturated heterocycles. The second-order valence-electron chi connectivity index (χ2n) is 16.0. The van der Waals surface area contributed by atoms with E-state index < -0.39 is 0 Å². The first-order chi connectivity index (χ1) is 29.0. The molecule has 0 fully saturated rings. The van der Waals surface area contributed by atoms with Crippen molar-refractivity contribution in [2.24, 2.45) is 0 Å². The van der Waals surface area contributed by atoms with Crippen LogP contribution in [-0.4, -0.2) is 0 Å². The summed E-state index contributed by atoms with van der Waals surface area (Å²) in [7, 11) is 0. The Morgan fingerprint density at radius 1 is 0.373 bits per heavy atom. The molecule has 0 bridgehead atoms. The summed E-state index contributed by atoms with van der Waals surface area (Å²) < 4.78 is 2.64. The first-order valence-corrected chi connectivity index (χ1v) is 21.2. The lowest BCUT2D eigenvalue weighted by Crippen LogP contribution is -2.16. The van der Waals surface area contributed by atoms with E-state index in [-0.39, 0.29) is 5.41 Å². The lowest BCUT2D eigenvalue weighted by atomic mass is 9.77. The molecule has 1 heterocycles. The fourth-order valence-electron chi connectivity index (χ4n) is 9.60. The molecule has 0 N–H and O–H groups in total. The summed E-state index contributed by atoms with van der Waals surface area (Å²) in [6.45, 7) is 4.77. The molecule has 0 atom stereocenters. The molecule has 0 aliphatic heterocycles. The summed E-state index contributed by atoms with van der Waals surface area (Å²) in [5, 5.41) is 2.64. The molecule has 1 aliphatic rings. The minimum absolute atomic E-state index is 0.161. The molecule has 280 valence electrons. The van der Waals surface area contributed by atoms with Crippen LogP contribution < -0.4 is 4.90 Å². The number of thiophene rings is 1. The average Bonchev–Trinajstić information content (AvgIpc) is 3.80. The van der Waals surface area contributed by atoms with Crippen molar-refractivity contribution in [3.8, 4) is 55.6 Å². The highest BCUT2D eigenvalue weighted by atomic mass is 32.1. The van der Waals surface area contributed by atoms with Crippen molar-refractivity contribution in [1.82, 2.24) is 0 Å². The minimum atomic E-state index is -0.161. The molecule has 1 aromatic heterocycles. The zero-order valence-corrected chi connectivity index (χ0v) is 33.9. The van der Waals surface area contributed by atoms with Crippen molar-refractivity contribution in [2.45, 2.75) is 19.3 Å². The zero-order chi connectivity index (χ0) is 39.5. The molecule has 0 saturated carbocycles. The molecular weight excluding hydrogens is 731 g/mol. The fraction of sp³-hybridized carbons (Fsp3) is 0.0526. The van der Waals surface area contributed by atoms with Gasteiger partial charge >= 0.3 is 0 Å². The standard InChI is InChI=1S/C57H41NS/c1-57(2)50-26-11-9-20-45(50)47-24-13-25-48(56(47)57)46-23-14-27-51(54(46)41-18-7-4-8-19-41)58(42-34-30-39(31-35-42)38-16-5-3-6-17-38)43-36-32-40(33-37-43)44-22-15-29-53-55(44)49-21-10-12-28-52(49)59-53/h3-37H,1-2H3. The molecule has 11 rings (SSSR count). The van der Waals surface area contributed by atoms with Gasteiger partial charge in [0.05, 0.1) is 5.69 Å². The van der Waals surface area contributed by atoms with E-state index in [2.05, 4.69) is 231 Å². The Hall–Kier alpha value is -7.00. The van der Waals surface area contributed by atoms with E-state index in [9.17, 15) is 0 Å². The topological polar surface area (TPSA) is 3.24 Å². The maximum absolute atomic E-state index is 2.45. The Bertz CT molecular complexity index is 3160. The molecule has 1 nitrogen and oxygen atoms in total. The van der Waals surface area contributed by atoms with Crippen LogP contribution in [0.5, 0.6) is 0 Å². The fourth-order valence-corrected chi connectivity index (χ4v) is 10.7. The van der Waals surface area contributed by atoms with Crippen molar-refractivity contribution >= 4 is 48.6 Å². The van der Waals surface area contributed by atoms with Gasteiger partial charge in [-0.3, -0.25) is 0 Å². The molecule has 0 radical (unpaired) electrons. The van der Waals surface area contributed by atoms with Crippen molar-refractivity contribution in [2.75, 3.05) is 4.90 Å². The van der Waals surface area contributed by atoms with E-state index in [1.807, 2.05) is 11.3 Å². The number of benzene rings is 9. The van der Waals surface area contributed by atoms with Crippen LogP contribution >= 0.6 is 11.3 Å². The van der Waals surface area contributed by atoms with Gasteiger partial charge in [-0.15, -0.1) is 11.3 Å². The predicted molar refractivity (Wildman–Crippen MR) is 253 cm³/mol. The molecule has 9 aromatic carbocycles. The van der Waals surface area contributed by atoms with Gasteiger partial charge in [-0.05, 0) is 104 Å². The first kappa shape index (κ1) is 35.2. The van der Waals surface area contributed by atoms with Crippen LogP contribution in [0, 0.1) is 0 Å². The third-order valence-electron chi connectivity index (χ3n) is 12.3. The number of hydrogen-bond donors (Lipinski definition) is 0. The number of rotatable bonds is 7. The van der Waals surface area contributed by atoms with E-state index >= 15 is 0 Å². The Morgan fingerprint density at radius 3 is 1.63 bits per heavy atom. The van der Waals surface area contributed by atoms with Gasteiger partial charge in [0, 0.05) is 42.5 Å². The maximum atomic E-state index is 2.45. The van der Waals surface area contributed by atoms with Gasteiger partial charge in [-0.2, -0.15) is 0 Å². The number of fused-ring (bicyclic) bond motifs is 6. The quantitative estimate of drug-likeness (QED) is 0.156. The molecule has 0 unspecified atom stereocenters. The van der Waals surface area contributed by atoms with Crippen LogP contribution in [0.1, 0.15) is 25.0 Å². The molecule has 0 spiro atoms. The Morgan fingerprint density at radius 2 is 0.881 bits per heavy atom. The largest absolute Gasteiger partial charge is 0.310 e. The van der Waals surface area contributed by atoms with Gasteiger partial charge in [0.15, 0.2) is 0 Å². The van der Waals surface area contributed by atoms with Crippen LogP contribution in [0.4, 0.5) is 17.1 Å². The predicted octanol–water partition coefficient (Wildman–Crippen LogP) is 16.5. The lowest BCUT2D eigenvalue weighted by molar-refractivity contribution is 0.662. The van der Waals surface area contributed by atoms with Crippen LogP contribution in [0.2, 0.25) is 0 Å². The second-order valence-corrected chi connectivity index (χ2v) is 17.1. The van der Waals surface area contributed by atoms with Crippen molar-refractivity contribution < 1.29 is 0 Å². The highest BCUT2D eigenvalue weighted by Crippen LogP contribution is 2.54. The van der Waals surface area contributed by atoms with Gasteiger partial charge < -0.3 is 4.90 Å². The molecule has 1 aliphatic carbocycles. The number of anilines is 3. The summed E-state index contributed by atoms with van der Waals surface area (Å²) >= 11 is 1.87. The van der Waals surface area contributed by atoms with Gasteiger partial charge in [-0.25, -0.2) is 0 Å². The minimum Gasteiger partial charge on any atom is -0.310 e. The summed E-state index contributed by atoms with van der Waals surface area (Å²) in [6, 6.07) is 78.0. The highest BCUT2D eigenvalue weighted by Gasteiger charge is 2.38. The normalized spacial score (nSPS) is 12.7. The Balaban J connectivity index is 1.12. The Kier molecular flexibility index (Phi) is 8.43. The van der Waals surface area contributed by atoms with Gasteiger partial charge in [0.25, 0.3) is 0 Å². The molecule has 0 amide bonds. The van der Waals surface area contributed by atoms with Crippen LogP contribution in [-0.2, 0) is 5.41 Å². The van der Waals surface area contributed by atoms with Gasteiger partial charge in [0.2, 0.25) is 0 Å². The van der Waals surface area contributed by atoms with E-state index in [1.165, 1.54) is 86.9 Å². The van der Waals surface area contributed by atoms with Crippen molar-refractivity contribution in [3.63, 3.8) is 0 Å². The first-order valence-electron chi connectivity index (χ1n) is 20.4. The number of hydrogen-bond acceptors (Lipinski definition) is 2. The van der Waals surface area contributed by atoms with Crippen molar-refractivity contribution in [1.29, 1.82) is 0 Å². The van der Waals surface area contributed by atoms with E-state index in [1.54, 1.807) is 0 Å². The van der Waals surface area contributed by atoms with Gasteiger partial charge in [-0.1, -0.05) is 184 Å². The summed E-state index contributed by atoms with van der Waals surface area (Å²) in [6.07, 6.45) is 0. The lowest BCUT2D eigenvalue weighted by Gasteiger charge is -2.31. The Labute approximate surface area is 350 Å². The summed E-state index contributed by atoms with van der Waals surface area (Å²) in [4.78, 5) is 2.45. The SMILES string of the molecule is CC1(C)c2ccccc2-c2cccc(-c3cccc(N(c4ccc(-c5ccccc5)cc4)c4ccc(-c5cccc6sc7ccccc7c56)cc4)c3-c3ccccc3)c21. The van der Waals surface area contributed by atoms with E-state index in [4.69, 9.17) is 0 Å². The van der Waals surface area contributed by atoms with Crippen molar-refractivity contribution in [3.05, 3.63) is 223 Å². The highest BCUT2D eigenvalue weighted by molar-refractivity contribution is 7.25. The second kappa shape index (κ2) is 14.1. The van der Waals surface area contributed by atoms with E-state index in [0.29, 0.717) is 0 Å². The zero-order valence-electron chi connectivity index (χ0n) is 33.1. The van der Waals surface area contributed by atoms with Gasteiger partial charge in [0.1, 0.15) is 0 Å². The van der Waals surface area contributed by atoms with Crippen LogP contribution in [0.3, 0.4) is 0 Å². The molecule has 59 heavy (non-hydrogen) atoms. The monoisotopic (exact) mass is 771 g/mol. The van der Waals surface area contributed by atoms with Crippen LogP contribution in [0.25, 0.3) is 75.8 Å². The molecule has 2 heteroatoms. The molecule has 10 aromatic rings. The molecular formula is C57H41NS. The third-order valence-corrected chi connectivity index (χ3v) is 13.4. The number of nitrogens with zero attached hydrogens (tertiary/aromatic N) is 1. The summed E-state index contributed by atoms with van der Waals surface area (Å²) in [5.74, 6) is 0. The smallest absolute Gasteiger partial charge is 0.0546 e. The third kappa shape index (κ3) is 5.82. The van der Waals surface area contributed by atoms with Crippen LogP contribution in [0.15, 0.2) is 212 Å². The van der Waals surface area contributed by atoms with E-state index in [0.717, 1.165) is 17.1 Å². The average molecular weight is 772 g/mol. The summed E-state index contributed by atoms with van der Waals surface area (Å²) in [5.41, 5.74) is 18.4.